The molecule has 0 fully saturated rings. The maximum Gasteiger partial charge on any atom is 0.253 e. The van der Waals surface area contributed by atoms with Crippen molar-refractivity contribution in [3.05, 3.63) is 35.4 Å². The van der Waals surface area contributed by atoms with Gasteiger partial charge < -0.3 is 4.90 Å². The lowest BCUT2D eigenvalue weighted by Crippen LogP contribution is -2.42. The van der Waals surface area contributed by atoms with Gasteiger partial charge in [0.05, 0.1) is 11.6 Å². The van der Waals surface area contributed by atoms with Crippen LogP contribution in [0.25, 0.3) is 0 Å². The number of nitrogens with zero attached hydrogens (tertiary/aromatic N) is 2. The van der Waals surface area contributed by atoms with Crippen LogP contribution < -0.4 is 0 Å². The Bertz CT molecular complexity index is 480. The summed E-state index contributed by atoms with van der Waals surface area (Å²) < 4.78 is 0. The van der Waals surface area contributed by atoms with Crippen LogP contribution in [0.15, 0.2) is 24.3 Å². The Balaban J connectivity index is 2.97. The van der Waals surface area contributed by atoms with Gasteiger partial charge in [-0.2, -0.15) is 5.26 Å². The van der Waals surface area contributed by atoms with Crippen molar-refractivity contribution in [2.75, 3.05) is 7.05 Å². The van der Waals surface area contributed by atoms with E-state index in [4.69, 9.17) is 5.26 Å². The average Bonchev–Trinajstić information content (AvgIpc) is 2.35. The summed E-state index contributed by atoms with van der Waals surface area (Å²) >= 11 is 0. The van der Waals surface area contributed by atoms with E-state index in [-0.39, 0.29) is 17.4 Å². The first kappa shape index (κ1) is 14.2. The Morgan fingerprint density at radius 1 is 1.39 bits per heavy atom. The monoisotopic (exact) mass is 244 g/mol. The second-order valence-electron chi connectivity index (χ2n) is 5.65. The third-order valence-corrected chi connectivity index (χ3v) is 3.39. The summed E-state index contributed by atoms with van der Waals surface area (Å²) in [6.07, 6.45) is 0. The topological polar surface area (TPSA) is 44.1 Å². The van der Waals surface area contributed by atoms with Crippen molar-refractivity contribution in [2.45, 2.75) is 33.7 Å². The molecule has 1 amide bonds. The molecule has 0 aliphatic heterocycles. The van der Waals surface area contributed by atoms with Gasteiger partial charge in [-0.1, -0.05) is 26.8 Å². The molecule has 96 valence electrons. The third-order valence-electron chi connectivity index (χ3n) is 3.39. The smallest absolute Gasteiger partial charge is 0.253 e. The Morgan fingerprint density at radius 2 is 2.00 bits per heavy atom. The van der Waals surface area contributed by atoms with Crippen molar-refractivity contribution in [3.8, 4) is 6.07 Å². The average molecular weight is 244 g/mol. The molecule has 18 heavy (non-hydrogen) atoms. The summed E-state index contributed by atoms with van der Waals surface area (Å²) in [7, 11) is 1.80. The van der Waals surface area contributed by atoms with E-state index in [0.717, 1.165) is 0 Å². The van der Waals surface area contributed by atoms with Gasteiger partial charge in [0.25, 0.3) is 5.91 Å². The van der Waals surface area contributed by atoms with Crippen molar-refractivity contribution in [2.24, 2.45) is 5.41 Å². The molecular weight excluding hydrogens is 224 g/mol. The van der Waals surface area contributed by atoms with E-state index in [1.165, 1.54) is 0 Å². The van der Waals surface area contributed by atoms with Gasteiger partial charge >= 0.3 is 0 Å². The highest BCUT2D eigenvalue weighted by molar-refractivity contribution is 5.94. The number of benzene rings is 1. The molecule has 1 atom stereocenters. The second-order valence-corrected chi connectivity index (χ2v) is 5.65. The normalized spacial score (nSPS) is 12.7. The minimum atomic E-state index is -0.0467. The Kier molecular flexibility index (Phi) is 4.13. The van der Waals surface area contributed by atoms with E-state index in [0.29, 0.717) is 11.1 Å². The van der Waals surface area contributed by atoms with Crippen LogP contribution in [0, 0.1) is 16.7 Å². The SMILES string of the molecule is CC(N(C)C(=O)c1cccc(C#N)c1)C(C)(C)C. The van der Waals surface area contributed by atoms with Crippen LogP contribution in [-0.2, 0) is 0 Å². The summed E-state index contributed by atoms with van der Waals surface area (Å²) in [5, 5.41) is 8.85. The predicted molar refractivity (Wildman–Crippen MR) is 72.2 cm³/mol. The molecule has 0 N–H and O–H groups in total. The lowest BCUT2D eigenvalue weighted by Gasteiger charge is -2.35. The molecule has 0 spiro atoms. The summed E-state index contributed by atoms with van der Waals surface area (Å²) in [6.45, 7) is 8.35. The van der Waals surface area contributed by atoms with Gasteiger partial charge in [0.1, 0.15) is 0 Å². The van der Waals surface area contributed by atoms with Gasteiger partial charge in [-0.15, -0.1) is 0 Å². The largest absolute Gasteiger partial charge is 0.338 e. The summed E-state index contributed by atoms with van der Waals surface area (Å²) in [5.41, 5.74) is 1.10. The molecule has 0 radical (unpaired) electrons. The van der Waals surface area contributed by atoms with Gasteiger partial charge in [0, 0.05) is 18.7 Å². The highest BCUT2D eigenvalue weighted by atomic mass is 16.2. The summed E-state index contributed by atoms with van der Waals surface area (Å²) in [5.74, 6) is -0.0467. The zero-order valence-electron chi connectivity index (χ0n) is 11.7. The van der Waals surface area contributed by atoms with E-state index in [9.17, 15) is 4.79 Å². The van der Waals surface area contributed by atoms with Crippen LogP contribution >= 0.6 is 0 Å². The molecule has 3 heteroatoms. The number of carbonyl (C=O) groups is 1. The zero-order valence-corrected chi connectivity index (χ0v) is 11.7. The van der Waals surface area contributed by atoms with Gasteiger partial charge in [0.15, 0.2) is 0 Å². The van der Waals surface area contributed by atoms with E-state index in [2.05, 4.69) is 20.8 Å². The molecule has 1 unspecified atom stereocenters. The van der Waals surface area contributed by atoms with E-state index >= 15 is 0 Å². The van der Waals surface area contributed by atoms with Crippen LogP contribution in [0.3, 0.4) is 0 Å². The summed E-state index contributed by atoms with van der Waals surface area (Å²) in [6, 6.07) is 8.99. The molecule has 0 saturated heterocycles. The van der Waals surface area contributed by atoms with Crippen molar-refractivity contribution in [1.29, 1.82) is 5.26 Å². The van der Waals surface area contributed by atoms with Crippen molar-refractivity contribution in [1.82, 2.24) is 4.90 Å². The Hall–Kier alpha value is -1.82. The number of amides is 1. The Morgan fingerprint density at radius 3 is 2.50 bits per heavy atom. The molecule has 1 aromatic carbocycles. The molecule has 0 saturated carbocycles. The lowest BCUT2D eigenvalue weighted by atomic mass is 9.87. The quantitative estimate of drug-likeness (QED) is 0.802. The van der Waals surface area contributed by atoms with Crippen LogP contribution in [0.5, 0.6) is 0 Å². The van der Waals surface area contributed by atoms with Gasteiger partial charge in [-0.25, -0.2) is 0 Å². The van der Waals surface area contributed by atoms with Crippen LogP contribution in [0.4, 0.5) is 0 Å². The van der Waals surface area contributed by atoms with Crippen LogP contribution in [0.2, 0.25) is 0 Å². The fraction of sp³-hybridized carbons (Fsp3) is 0.467. The minimum absolute atomic E-state index is 0.0250. The predicted octanol–water partition coefficient (Wildman–Crippen LogP) is 3.06. The first-order chi connectivity index (χ1) is 8.27. The standard InChI is InChI=1S/C15H20N2O/c1-11(15(2,3)4)17(5)14(18)13-8-6-7-12(9-13)10-16/h6-9,11H,1-5H3. The zero-order chi connectivity index (χ0) is 13.9. The molecule has 3 nitrogen and oxygen atoms in total. The second kappa shape index (κ2) is 5.22. The molecule has 1 rings (SSSR count). The van der Waals surface area contributed by atoms with E-state index in [1.807, 2.05) is 13.0 Å². The first-order valence-electron chi connectivity index (χ1n) is 6.04. The fourth-order valence-corrected chi connectivity index (χ4v) is 1.68. The van der Waals surface area contributed by atoms with E-state index < -0.39 is 0 Å². The third kappa shape index (κ3) is 3.10. The molecule has 1 aromatic rings. The number of rotatable bonds is 2. The van der Waals surface area contributed by atoms with Gasteiger partial charge in [-0.3, -0.25) is 4.79 Å². The van der Waals surface area contributed by atoms with Gasteiger partial charge in [0.2, 0.25) is 0 Å². The summed E-state index contributed by atoms with van der Waals surface area (Å²) in [4.78, 5) is 14.1. The number of nitriles is 1. The fourth-order valence-electron chi connectivity index (χ4n) is 1.68. The highest BCUT2D eigenvalue weighted by Crippen LogP contribution is 2.24. The Labute approximate surface area is 109 Å². The van der Waals surface area contributed by atoms with E-state index in [1.54, 1.807) is 36.2 Å². The minimum Gasteiger partial charge on any atom is -0.338 e. The number of hydrogen-bond donors (Lipinski definition) is 0. The van der Waals surface area contributed by atoms with Crippen molar-refractivity contribution < 1.29 is 4.79 Å². The molecule has 0 heterocycles. The maximum atomic E-state index is 12.3. The number of hydrogen-bond acceptors (Lipinski definition) is 2. The first-order valence-corrected chi connectivity index (χ1v) is 6.04. The van der Waals surface area contributed by atoms with Crippen LogP contribution in [-0.4, -0.2) is 23.9 Å². The molecule has 0 aliphatic rings. The van der Waals surface area contributed by atoms with Gasteiger partial charge in [-0.05, 0) is 30.5 Å². The van der Waals surface area contributed by atoms with Crippen molar-refractivity contribution in [3.63, 3.8) is 0 Å². The lowest BCUT2D eigenvalue weighted by molar-refractivity contribution is 0.0629. The highest BCUT2D eigenvalue weighted by Gasteiger charge is 2.27. The molecular formula is C15H20N2O. The number of carbonyl (C=O) groups excluding carboxylic acids is 1. The van der Waals surface area contributed by atoms with Crippen molar-refractivity contribution >= 4 is 5.91 Å². The maximum absolute atomic E-state index is 12.3. The molecule has 0 bridgehead atoms. The molecule has 0 aliphatic carbocycles. The molecule has 0 aromatic heterocycles. The van der Waals surface area contributed by atoms with Crippen LogP contribution in [0.1, 0.15) is 43.6 Å².